The Morgan fingerprint density at radius 1 is 0.951 bits per heavy atom. The first kappa shape index (κ1) is 28.3. The van der Waals surface area contributed by atoms with Crippen molar-refractivity contribution in [2.24, 2.45) is 5.10 Å². The van der Waals surface area contributed by atoms with Crippen LogP contribution in [0.2, 0.25) is 0 Å². The van der Waals surface area contributed by atoms with E-state index in [9.17, 15) is 9.59 Å². The summed E-state index contributed by atoms with van der Waals surface area (Å²) in [5.41, 5.74) is 8.52. The SMILES string of the molecule is Cc1ccc(C(=O)Oc2c(Br)cc(Br)cc2C=NNC(=O)c2[nH]c3ccc(N(C)C)cc3c2-c2ccccc2)cc1. The van der Waals surface area contributed by atoms with Crippen LogP contribution < -0.4 is 15.1 Å². The minimum absolute atomic E-state index is 0.281. The average molecular weight is 674 g/mol. The number of esters is 1. The van der Waals surface area contributed by atoms with Crippen molar-refractivity contribution in [2.75, 3.05) is 19.0 Å². The topological polar surface area (TPSA) is 86.8 Å². The Morgan fingerprint density at radius 3 is 2.39 bits per heavy atom. The van der Waals surface area contributed by atoms with E-state index < -0.39 is 11.9 Å². The fraction of sp³-hybridized carbons (Fsp3) is 0.0938. The molecule has 0 aliphatic heterocycles. The second-order valence-electron chi connectivity index (χ2n) is 9.63. The van der Waals surface area contributed by atoms with E-state index in [-0.39, 0.29) is 5.75 Å². The number of aromatic amines is 1. The molecule has 4 aromatic carbocycles. The van der Waals surface area contributed by atoms with Crippen molar-refractivity contribution >= 4 is 66.5 Å². The minimum atomic E-state index is -0.505. The Bertz CT molecular complexity index is 1780. The first-order valence-corrected chi connectivity index (χ1v) is 14.3. The van der Waals surface area contributed by atoms with Crippen LogP contribution in [0.15, 0.2) is 99.0 Å². The summed E-state index contributed by atoms with van der Waals surface area (Å²) in [5.74, 6) is -0.632. The molecule has 9 heteroatoms. The Hall–Kier alpha value is -4.21. The van der Waals surface area contributed by atoms with Crippen LogP contribution in [0.3, 0.4) is 0 Å². The summed E-state index contributed by atoms with van der Waals surface area (Å²) in [6.07, 6.45) is 1.44. The van der Waals surface area contributed by atoms with Crippen molar-refractivity contribution in [3.05, 3.63) is 116 Å². The van der Waals surface area contributed by atoms with Gasteiger partial charge in [0.1, 0.15) is 5.69 Å². The highest BCUT2D eigenvalue weighted by molar-refractivity contribution is 9.11. The lowest BCUT2D eigenvalue weighted by Gasteiger charge is -2.12. The number of hydrazone groups is 1. The molecule has 1 amide bonds. The lowest BCUT2D eigenvalue weighted by molar-refractivity contribution is 0.0733. The highest BCUT2D eigenvalue weighted by Crippen LogP contribution is 2.35. The van der Waals surface area contributed by atoms with E-state index in [0.717, 1.165) is 37.8 Å². The summed E-state index contributed by atoms with van der Waals surface area (Å²) in [4.78, 5) is 31.6. The third-order valence-electron chi connectivity index (χ3n) is 6.48. The number of carbonyl (C=O) groups is 2. The molecule has 0 fully saturated rings. The van der Waals surface area contributed by atoms with Gasteiger partial charge in [-0.2, -0.15) is 5.10 Å². The molecule has 7 nitrogen and oxygen atoms in total. The summed E-state index contributed by atoms with van der Waals surface area (Å²) in [6.45, 7) is 1.95. The molecule has 206 valence electrons. The van der Waals surface area contributed by atoms with Crippen LogP contribution >= 0.6 is 31.9 Å². The zero-order valence-electron chi connectivity index (χ0n) is 22.5. The zero-order valence-corrected chi connectivity index (χ0v) is 25.7. The predicted octanol–water partition coefficient (Wildman–Crippen LogP) is 7.72. The number of amides is 1. The number of anilines is 1. The Labute approximate surface area is 254 Å². The smallest absolute Gasteiger partial charge is 0.343 e. The summed E-state index contributed by atoms with van der Waals surface area (Å²) in [6, 6.07) is 26.4. The van der Waals surface area contributed by atoms with Gasteiger partial charge in [0.2, 0.25) is 0 Å². The number of fused-ring (bicyclic) bond motifs is 1. The fourth-order valence-corrected chi connectivity index (χ4v) is 5.71. The van der Waals surface area contributed by atoms with Gasteiger partial charge < -0.3 is 14.6 Å². The van der Waals surface area contributed by atoms with Gasteiger partial charge in [0.25, 0.3) is 5.91 Å². The molecule has 0 aliphatic rings. The molecule has 0 bridgehead atoms. The zero-order chi connectivity index (χ0) is 29.1. The molecule has 0 saturated heterocycles. The molecule has 0 atom stereocenters. The van der Waals surface area contributed by atoms with Gasteiger partial charge in [-0.1, -0.05) is 64.0 Å². The highest BCUT2D eigenvalue weighted by Gasteiger charge is 2.20. The molecule has 41 heavy (non-hydrogen) atoms. The van der Waals surface area contributed by atoms with Gasteiger partial charge in [0, 0.05) is 46.3 Å². The Kier molecular flexibility index (Phi) is 8.37. The maximum atomic E-state index is 13.5. The summed E-state index contributed by atoms with van der Waals surface area (Å²) in [5, 5.41) is 5.15. The van der Waals surface area contributed by atoms with E-state index in [1.165, 1.54) is 6.21 Å². The normalized spacial score (nSPS) is 11.1. The second kappa shape index (κ2) is 12.1. The molecular weight excluding hydrogens is 648 g/mol. The van der Waals surface area contributed by atoms with Gasteiger partial charge in [-0.15, -0.1) is 0 Å². The molecule has 0 unspecified atom stereocenters. The number of benzene rings is 4. The van der Waals surface area contributed by atoms with Crippen LogP contribution in [0.1, 0.15) is 32.0 Å². The number of nitrogens with one attached hydrogen (secondary N) is 2. The maximum Gasteiger partial charge on any atom is 0.343 e. The summed E-state index contributed by atoms with van der Waals surface area (Å²) >= 11 is 6.94. The van der Waals surface area contributed by atoms with E-state index >= 15 is 0 Å². The van der Waals surface area contributed by atoms with Crippen molar-refractivity contribution in [1.82, 2.24) is 10.4 Å². The summed E-state index contributed by atoms with van der Waals surface area (Å²) in [7, 11) is 3.95. The van der Waals surface area contributed by atoms with Crippen LogP contribution in [-0.2, 0) is 0 Å². The van der Waals surface area contributed by atoms with Gasteiger partial charge in [-0.3, -0.25) is 4.79 Å². The number of carbonyl (C=O) groups excluding carboxylic acids is 2. The third kappa shape index (κ3) is 6.26. The largest absolute Gasteiger partial charge is 0.421 e. The van der Waals surface area contributed by atoms with Crippen molar-refractivity contribution in [2.45, 2.75) is 6.92 Å². The number of H-pyrrole nitrogens is 1. The molecular formula is C32H26Br2N4O3. The number of hydrogen-bond donors (Lipinski definition) is 2. The minimum Gasteiger partial charge on any atom is -0.421 e. The van der Waals surface area contributed by atoms with E-state index in [2.05, 4.69) is 53.4 Å². The van der Waals surface area contributed by atoms with E-state index in [1.54, 1.807) is 24.3 Å². The highest BCUT2D eigenvalue weighted by atomic mass is 79.9. The molecule has 0 spiro atoms. The molecule has 0 radical (unpaired) electrons. The third-order valence-corrected chi connectivity index (χ3v) is 7.52. The van der Waals surface area contributed by atoms with E-state index in [4.69, 9.17) is 4.74 Å². The van der Waals surface area contributed by atoms with Gasteiger partial charge in [0.15, 0.2) is 5.75 Å². The number of rotatable bonds is 7. The Morgan fingerprint density at radius 2 is 1.68 bits per heavy atom. The van der Waals surface area contributed by atoms with Crippen molar-refractivity contribution in [1.29, 1.82) is 0 Å². The van der Waals surface area contributed by atoms with Crippen LogP contribution in [0.4, 0.5) is 5.69 Å². The van der Waals surface area contributed by atoms with Crippen LogP contribution in [0.5, 0.6) is 5.75 Å². The number of aryl methyl sites for hydroxylation is 1. The molecule has 0 aliphatic carbocycles. The Balaban J connectivity index is 1.45. The lowest BCUT2D eigenvalue weighted by Crippen LogP contribution is -2.19. The monoisotopic (exact) mass is 672 g/mol. The van der Waals surface area contributed by atoms with Crippen molar-refractivity contribution in [3.8, 4) is 16.9 Å². The van der Waals surface area contributed by atoms with Gasteiger partial charge in [0.05, 0.1) is 16.3 Å². The predicted molar refractivity (Wildman–Crippen MR) is 171 cm³/mol. The number of halogens is 2. The van der Waals surface area contributed by atoms with E-state index in [1.807, 2.05) is 80.5 Å². The van der Waals surface area contributed by atoms with E-state index in [0.29, 0.717) is 21.3 Å². The fourth-order valence-electron chi connectivity index (χ4n) is 4.37. The molecule has 2 N–H and O–H groups in total. The standard InChI is InChI=1S/C32H26Br2N4O3/c1-19-9-11-21(12-10-19)32(40)41-30-22(15-23(33)16-26(30)34)18-35-37-31(39)29-28(20-7-5-4-6-8-20)25-17-24(38(2)3)13-14-27(25)36-29/h4-18,36H,1-3H3,(H,37,39). The number of hydrogen-bond acceptors (Lipinski definition) is 5. The van der Waals surface area contributed by atoms with Crippen molar-refractivity contribution in [3.63, 3.8) is 0 Å². The molecule has 0 saturated carbocycles. The average Bonchev–Trinajstić information content (AvgIpc) is 3.34. The number of ether oxygens (including phenoxy) is 1. The quantitative estimate of drug-likeness (QED) is 0.0802. The maximum absolute atomic E-state index is 13.5. The summed E-state index contributed by atoms with van der Waals surface area (Å²) < 4.78 is 7.02. The van der Waals surface area contributed by atoms with Crippen LogP contribution in [0, 0.1) is 6.92 Å². The van der Waals surface area contributed by atoms with Gasteiger partial charge in [-0.05, 0) is 70.9 Å². The second-order valence-corrected chi connectivity index (χ2v) is 11.4. The first-order chi connectivity index (χ1) is 19.7. The van der Waals surface area contributed by atoms with Crippen LogP contribution in [-0.4, -0.2) is 37.2 Å². The molecule has 1 heterocycles. The van der Waals surface area contributed by atoms with Crippen LogP contribution in [0.25, 0.3) is 22.0 Å². The number of nitrogens with zero attached hydrogens (tertiary/aromatic N) is 2. The van der Waals surface area contributed by atoms with Gasteiger partial charge >= 0.3 is 5.97 Å². The molecule has 5 rings (SSSR count). The number of aromatic nitrogens is 1. The molecule has 5 aromatic rings. The lowest BCUT2D eigenvalue weighted by atomic mass is 10.0. The van der Waals surface area contributed by atoms with Crippen molar-refractivity contribution < 1.29 is 14.3 Å². The first-order valence-electron chi connectivity index (χ1n) is 12.7. The van der Waals surface area contributed by atoms with Gasteiger partial charge in [-0.25, -0.2) is 10.2 Å². The molecule has 1 aromatic heterocycles.